The van der Waals surface area contributed by atoms with Crippen molar-refractivity contribution in [1.82, 2.24) is 4.90 Å². The van der Waals surface area contributed by atoms with E-state index in [0.717, 1.165) is 24.5 Å². The highest BCUT2D eigenvalue weighted by Gasteiger charge is 2.39. The zero-order chi connectivity index (χ0) is 17.5. The van der Waals surface area contributed by atoms with Crippen LogP contribution in [-0.4, -0.2) is 23.8 Å². The Labute approximate surface area is 136 Å². The van der Waals surface area contributed by atoms with Gasteiger partial charge in [-0.1, -0.05) is 25.8 Å². The fourth-order valence-electron chi connectivity index (χ4n) is 3.63. The number of nitrogens with zero attached hydrogens (tertiary/aromatic N) is 1. The largest absolute Gasteiger partial charge is 0.416 e. The molecule has 1 fully saturated rings. The van der Waals surface area contributed by atoms with Crippen molar-refractivity contribution >= 4 is 5.78 Å². The van der Waals surface area contributed by atoms with E-state index in [2.05, 4.69) is 4.90 Å². The standard InChI is InChI=1S/C18H22F3NO/c1-2-3-4-13-11-22-8-7-12-9-14(18(19,20)21)5-6-15(12)16(22)10-17(13)23/h5-6,9,13,16H,2-4,7-8,10-11H2,1H3/t13-,16-/m1/s1/i13D. The lowest BCUT2D eigenvalue weighted by Gasteiger charge is -2.43. The molecule has 1 aromatic carbocycles. The minimum atomic E-state index is -4.34. The lowest BCUT2D eigenvalue weighted by molar-refractivity contribution is -0.137. The van der Waals surface area contributed by atoms with Gasteiger partial charge in [-0.3, -0.25) is 9.69 Å². The smallest absolute Gasteiger partial charge is 0.299 e. The van der Waals surface area contributed by atoms with E-state index in [9.17, 15) is 18.0 Å². The van der Waals surface area contributed by atoms with E-state index in [-0.39, 0.29) is 18.2 Å². The Kier molecular flexibility index (Phi) is 4.14. The number of hydrogen-bond acceptors (Lipinski definition) is 2. The second-order valence-electron chi connectivity index (χ2n) is 6.48. The van der Waals surface area contributed by atoms with Gasteiger partial charge in [0, 0.05) is 32.8 Å². The van der Waals surface area contributed by atoms with Gasteiger partial charge in [-0.25, -0.2) is 0 Å². The van der Waals surface area contributed by atoms with Crippen molar-refractivity contribution in [2.75, 3.05) is 13.1 Å². The Morgan fingerprint density at radius 1 is 1.39 bits per heavy atom. The van der Waals surface area contributed by atoms with Crippen LogP contribution in [-0.2, 0) is 17.4 Å². The summed E-state index contributed by atoms with van der Waals surface area (Å²) in [4.78, 5) is 14.6. The first-order valence-electron chi connectivity index (χ1n) is 8.72. The molecule has 0 N–H and O–H groups in total. The predicted octanol–water partition coefficient (Wildman–Crippen LogP) is 4.38. The quantitative estimate of drug-likeness (QED) is 0.821. The van der Waals surface area contributed by atoms with Crippen LogP contribution in [0.4, 0.5) is 13.2 Å². The van der Waals surface area contributed by atoms with Gasteiger partial charge in [-0.05, 0) is 36.1 Å². The third-order valence-corrected chi connectivity index (χ3v) is 4.94. The van der Waals surface area contributed by atoms with Gasteiger partial charge < -0.3 is 0 Å². The number of halogens is 3. The predicted molar refractivity (Wildman–Crippen MR) is 82.1 cm³/mol. The Morgan fingerprint density at radius 3 is 2.87 bits per heavy atom. The highest BCUT2D eigenvalue weighted by molar-refractivity contribution is 5.83. The van der Waals surface area contributed by atoms with Crippen molar-refractivity contribution in [2.24, 2.45) is 5.89 Å². The first-order valence-corrected chi connectivity index (χ1v) is 8.22. The lowest BCUT2D eigenvalue weighted by Crippen LogP contribution is -2.46. The molecule has 0 radical (unpaired) electrons. The van der Waals surface area contributed by atoms with Gasteiger partial charge in [-0.15, -0.1) is 0 Å². The monoisotopic (exact) mass is 326 g/mol. The number of rotatable bonds is 3. The Hall–Kier alpha value is -1.36. The molecule has 126 valence electrons. The number of ketones is 1. The van der Waals surface area contributed by atoms with Crippen molar-refractivity contribution in [3.05, 3.63) is 34.9 Å². The maximum absolute atomic E-state index is 12.9. The second kappa shape index (κ2) is 6.27. The van der Waals surface area contributed by atoms with Crippen LogP contribution >= 0.6 is 0 Å². The van der Waals surface area contributed by atoms with Crippen LogP contribution in [0.2, 0.25) is 0 Å². The molecule has 23 heavy (non-hydrogen) atoms. The van der Waals surface area contributed by atoms with Crippen molar-refractivity contribution in [3.8, 4) is 0 Å². The maximum atomic E-state index is 12.9. The van der Waals surface area contributed by atoms with Crippen LogP contribution in [0.1, 0.15) is 56.7 Å². The average molecular weight is 326 g/mol. The highest BCUT2D eigenvalue weighted by atomic mass is 19.4. The van der Waals surface area contributed by atoms with E-state index in [0.29, 0.717) is 31.5 Å². The summed E-state index contributed by atoms with van der Waals surface area (Å²) in [7, 11) is 0. The summed E-state index contributed by atoms with van der Waals surface area (Å²) in [5.41, 5.74) is 0.875. The average Bonchev–Trinajstić information content (AvgIpc) is 2.53. The molecular formula is C18H22F3NO. The number of unbranched alkanes of at least 4 members (excludes halogenated alkanes) is 1. The summed E-state index contributed by atoms with van der Waals surface area (Å²) in [6, 6.07) is 3.66. The molecular weight excluding hydrogens is 303 g/mol. The molecule has 0 saturated carbocycles. The minimum absolute atomic E-state index is 0.0788. The van der Waals surface area contributed by atoms with Crippen molar-refractivity contribution in [1.29, 1.82) is 0 Å². The number of carbonyl (C=O) groups excluding carboxylic acids is 1. The summed E-state index contributed by atoms with van der Waals surface area (Å²) >= 11 is 0. The van der Waals surface area contributed by atoms with E-state index in [1.54, 1.807) is 0 Å². The molecule has 1 saturated heterocycles. The first-order chi connectivity index (χ1) is 11.2. The van der Waals surface area contributed by atoms with Crippen LogP contribution < -0.4 is 0 Å². The van der Waals surface area contributed by atoms with Crippen LogP contribution in [0.5, 0.6) is 0 Å². The van der Waals surface area contributed by atoms with Gasteiger partial charge in [0.15, 0.2) is 0 Å². The number of fused-ring (bicyclic) bond motifs is 3. The fraction of sp³-hybridized carbons (Fsp3) is 0.611. The van der Waals surface area contributed by atoms with Gasteiger partial charge in [0.2, 0.25) is 0 Å². The first kappa shape index (κ1) is 15.2. The van der Waals surface area contributed by atoms with Crippen LogP contribution in [0.25, 0.3) is 0 Å². The third kappa shape index (κ3) is 3.30. The number of hydrogen-bond donors (Lipinski definition) is 0. The molecule has 2 atom stereocenters. The molecule has 2 aliphatic heterocycles. The second-order valence-corrected chi connectivity index (χ2v) is 6.48. The molecule has 0 aromatic heterocycles. The van der Waals surface area contributed by atoms with Gasteiger partial charge in [0.05, 0.1) is 5.56 Å². The third-order valence-electron chi connectivity index (χ3n) is 4.94. The van der Waals surface area contributed by atoms with Gasteiger partial charge in [-0.2, -0.15) is 13.2 Å². The molecule has 0 bridgehead atoms. The van der Waals surface area contributed by atoms with Gasteiger partial charge in [0.1, 0.15) is 5.78 Å². The molecule has 5 heteroatoms. The van der Waals surface area contributed by atoms with Gasteiger partial charge in [0.25, 0.3) is 0 Å². The molecule has 0 spiro atoms. The summed E-state index contributed by atoms with van der Waals surface area (Å²) in [5, 5.41) is 0. The summed E-state index contributed by atoms with van der Waals surface area (Å²) in [6.45, 7) is 3.03. The Bertz CT molecular complexity index is 646. The van der Waals surface area contributed by atoms with Gasteiger partial charge >= 0.3 is 6.18 Å². The normalized spacial score (nSPS) is 29.0. The number of Topliss-reactive ketones (excluding diaryl/α,β-unsaturated/α-hetero) is 1. The van der Waals surface area contributed by atoms with E-state index >= 15 is 0 Å². The summed E-state index contributed by atoms with van der Waals surface area (Å²) in [6.07, 6.45) is -1.23. The Morgan fingerprint density at radius 2 is 2.17 bits per heavy atom. The Balaban J connectivity index is 1.86. The van der Waals surface area contributed by atoms with E-state index in [4.69, 9.17) is 1.37 Å². The van der Waals surface area contributed by atoms with Crippen LogP contribution in [0.3, 0.4) is 0 Å². The molecule has 0 unspecified atom stereocenters. The molecule has 2 aliphatic rings. The van der Waals surface area contributed by atoms with Crippen molar-refractivity contribution < 1.29 is 19.3 Å². The van der Waals surface area contributed by atoms with E-state index in [1.807, 2.05) is 6.92 Å². The molecule has 2 nitrogen and oxygen atoms in total. The zero-order valence-electron chi connectivity index (χ0n) is 14.2. The number of benzene rings is 1. The molecule has 0 amide bonds. The number of piperidine rings is 1. The van der Waals surface area contributed by atoms with E-state index < -0.39 is 17.6 Å². The molecule has 3 rings (SSSR count). The fourth-order valence-corrected chi connectivity index (χ4v) is 3.63. The van der Waals surface area contributed by atoms with Crippen LogP contribution in [0, 0.1) is 5.89 Å². The number of alkyl halides is 3. The zero-order valence-corrected chi connectivity index (χ0v) is 13.2. The van der Waals surface area contributed by atoms with Crippen molar-refractivity contribution in [3.63, 3.8) is 0 Å². The summed E-state index contributed by atoms with van der Waals surface area (Å²) < 4.78 is 47.2. The summed E-state index contributed by atoms with van der Waals surface area (Å²) in [5.74, 6) is -1.14. The topological polar surface area (TPSA) is 20.3 Å². The molecule has 2 heterocycles. The highest BCUT2D eigenvalue weighted by Crippen LogP contribution is 2.40. The maximum Gasteiger partial charge on any atom is 0.416 e. The van der Waals surface area contributed by atoms with Crippen molar-refractivity contribution in [2.45, 2.75) is 51.2 Å². The van der Waals surface area contributed by atoms with E-state index in [1.165, 1.54) is 12.1 Å². The minimum Gasteiger partial charge on any atom is -0.299 e. The molecule has 0 aliphatic carbocycles. The van der Waals surface area contributed by atoms with Crippen LogP contribution in [0.15, 0.2) is 18.2 Å². The SMILES string of the molecule is [2H][C@@]1(CCCC)CN2CCc3cc(C(F)(F)F)ccc3[C@H]2CC1=O. The number of carbonyl (C=O) groups is 1. The lowest BCUT2D eigenvalue weighted by atomic mass is 9.81. The molecule has 1 aromatic rings.